The molecule has 0 aliphatic rings. The van der Waals surface area contributed by atoms with Crippen LogP contribution in [0.2, 0.25) is 0 Å². The standard InChI is InChI=1S/C15H20O2/c1-4-7-12(2)10-11-14-8-5-6-9-15(14)17-13(3)16/h5-6,8-12H,4,7H2,1-3H3/b11-10+. The first-order chi connectivity index (χ1) is 8.13. The highest BCUT2D eigenvalue weighted by atomic mass is 16.5. The Balaban J connectivity index is 2.79. The number of carbonyl (C=O) groups excluding carboxylic acids is 1. The van der Waals surface area contributed by atoms with Gasteiger partial charge in [-0.05, 0) is 18.4 Å². The van der Waals surface area contributed by atoms with E-state index in [1.807, 2.05) is 30.3 Å². The van der Waals surface area contributed by atoms with E-state index in [-0.39, 0.29) is 5.97 Å². The summed E-state index contributed by atoms with van der Waals surface area (Å²) in [6, 6.07) is 7.57. The highest BCUT2D eigenvalue weighted by molar-refractivity contribution is 5.71. The summed E-state index contributed by atoms with van der Waals surface area (Å²) in [7, 11) is 0. The van der Waals surface area contributed by atoms with E-state index in [4.69, 9.17) is 4.74 Å². The Labute approximate surface area is 103 Å². The third kappa shape index (κ3) is 4.85. The van der Waals surface area contributed by atoms with Crippen LogP contribution in [0.1, 0.15) is 39.2 Å². The Kier molecular flexibility index (Phi) is 5.47. The maximum absolute atomic E-state index is 11.0. The Morgan fingerprint density at radius 2 is 2.12 bits per heavy atom. The zero-order valence-corrected chi connectivity index (χ0v) is 10.8. The molecule has 0 spiro atoms. The van der Waals surface area contributed by atoms with Crippen LogP contribution >= 0.6 is 0 Å². The summed E-state index contributed by atoms with van der Waals surface area (Å²) in [5, 5.41) is 0. The fraction of sp³-hybridized carbons (Fsp3) is 0.400. The van der Waals surface area contributed by atoms with Gasteiger partial charge >= 0.3 is 5.97 Å². The molecule has 1 aromatic rings. The monoisotopic (exact) mass is 232 g/mol. The fourth-order valence-corrected chi connectivity index (χ4v) is 1.69. The minimum atomic E-state index is -0.285. The lowest BCUT2D eigenvalue weighted by molar-refractivity contribution is -0.131. The molecule has 0 aliphatic heterocycles. The molecule has 2 nitrogen and oxygen atoms in total. The molecule has 2 heteroatoms. The van der Waals surface area contributed by atoms with Crippen LogP contribution in [-0.4, -0.2) is 5.97 Å². The van der Waals surface area contributed by atoms with Gasteiger partial charge in [0.2, 0.25) is 0 Å². The number of para-hydroxylation sites is 1. The predicted octanol–water partition coefficient (Wildman–Crippen LogP) is 4.06. The highest BCUT2D eigenvalue weighted by Gasteiger charge is 2.03. The number of rotatable bonds is 5. The quantitative estimate of drug-likeness (QED) is 0.565. The van der Waals surface area contributed by atoms with E-state index < -0.39 is 0 Å². The number of hydrogen-bond acceptors (Lipinski definition) is 2. The zero-order chi connectivity index (χ0) is 12.7. The summed E-state index contributed by atoms with van der Waals surface area (Å²) >= 11 is 0. The van der Waals surface area contributed by atoms with Crippen LogP contribution in [0.4, 0.5) is 0 Å². The third-order valence-electron chi connectivity index (χ3n) is 2.52. The summed E-state index contributed by atoms with van der Waals surface area (Å²) in [6.07, 6.45) is 6.54. The van der Waals surface area contributed by atoms with E-state index in [1.54, 1.807) is 0 Å². The molecule has 1 atom stereocenters. The van der Waals surface area contributed by atoms with Crippen LogP contribution < -0.4 is 4.74 Å². The van der Waals surface area contributed by atoms with Crippen LogP contribution in [0, 0.1) is 5.92 Å². The Bertz CT molecular complexity index is 394. The SMILES string of the molecule is CCCC(C)/C=C/c1ccccc1OC(C)=O. The van der Waals surface area contributed by atoms with Crippen molar-refractivity contribution in [2.75, 3.05) is 0 Å². The van der Waals surface area contributed by atoms with Crippen molar-refractivity contribution in [1.82, 2.24) is 0 Å². The first kappa shape index (κ1) is 13.5. The maximum atomic E-state index is 11.0. The van der Waals surface area contributed by atoms with Crippen LogP contribution in [0.25, 0.3) is 6.08 Å². The van der Waals surface area contributed by atoms with Gasteiger partial charge in [-0.1, -0.05) is 50.6 Å². The minimum Gasteiger partial charge on any atom is -0.426 e. The van der Waals surface area contributed by atoms with Gasteiger partial charge in [0.15, 0.2) is 0 Å². The Hall–Kier alpha value is -1.57. The van der Waals surface area contributed by atoms with Gasteiger partial charge in [-0.25, -0.2) is 0 Å². The van der Waals surface area contributed by atoms with Crippen molar-refractivity contribution >= 4 is 12.0 Å². The topological polar surface area (TPSA) is 26.3 Å². The second-order valence-electron chi connectivity index (χ2n) is 4.26. The van der Waals surface area contributed by atoms with Crippen LogP contribution in [-0.2, 0) is 4.79 Å². The molecule has 0 heterocycles. The predicted molar refractivity (Wildman–Crippen MR) is 70.9 cm³/mol. The number of carbonyl (C=O) groups is 1. The van der Waals surface area contributed by atoms with E-state index in [2.05, 4.69) is 19.9 Å². The lowest BCUT2D eigenvalue weighted by Crippen LogP contribution is -2.02. The molecule has 0 aromatic heterocycles. The normalized spacial score (nSPS) is 12.6. The van der Waals surface area contributed by atoms with Crippen molar-refractivity contribution in [2.24, 2.45) is 5.92 Å². The molecule has 0 amide bonds. The van der Waals surface area contributed by atoms with Gasteiger partial charge in [0.1, 0.15) is 5.75 Å². The molecule has 0 radical (unpaired) electrons. The lowest BCUT2D eigenvalue weighted by Gasteiger charge is -2.06. The molecular formula is C15H20O2. The van der Waals surface area contributed by atoms with Gasteiger partial charge in [0, 0.05) is 12.5 Å². The van der Waals surface area contributed by atoms with Crippen molar-refractivity contribution < 1.29 is 9.53 Å². The third-order valence-corrected chi connectivity index (χ3v) is 2.52. The first-order valence-corrected chi connectivity index (χ1v) is 6.09. The zero-order valence-electron chi connectivity index (χ0n) is 10.8. The number of ether oxygens (including phenoxy) is 1. The van der Waals surface area contributed by atoms with E-state index in [1.165, 1.54) is 19.8 Å². The number of esters is 1. The number of benzene rings is 1. The van der Waals surface area contributed by atoms with Crippen molar-refractivity contribution in [3.05, 3.63) is 35.9 Å². The number of hydrogen-bond donors (Lipinski definition) is 0. The first-order valence-electron chi connectivity index (χ1n) is 6.09. The van der Waals surface area contributed by atoms with Gasteiger partial charge in [0.05, 0.1) is 0 Å². The Morgan fingerprint density at radius 1 is 1.41 bits per heavy atom. The molecule has 0 bridgehead atoms. The molecule has 1 aromatic carbocycles. The van der Waals surface area contributed by atoms with Gasteiger partial charge in [-0.2, -0.15) is 0 Å². The van der Waals surface area contributed by atoms with E-state index in [9.17, 15) is 4.79 Å². The molecule has 0 N–H and O–H groups in total. The van der Waals surface area contributed by atoms with E-state index >= 15 is 0 Å². The molecule has 1 unspecified atom stereocenters. The average Bonchev–Trinajstić information content (AvgIpc) is 2.27. The Morgan fingerprint density at radius 3 is 2.76 bits per heavy atom. The summed E-state index contributed by atoms with van der Waals surface area (Å²) in [4.78, 5) is 11.0. The minimum absolute atomic E-state index is 0.285. The van der Waals surface area contributed by atoms with Gasteiger partial charge < -0.3 is 4.74 Å². The summed E-state index contributed by atoms with van der Waals surface area (Å²) < 4.78 is 5.15. The van der Waals surface area contributed by atoms with Gasteiger partial charge in [-0.15, -0.1) is 0 Å². The molecular weight excluding hydrogens is 212 g/mol. The molecule has 0 aliphatic carbocycles. The van der Waals surface area contributed by atoms with Crippen molar-refractivity contribution in [3.8, 4) is 5.75 Å². The highest BCUT2D eigenvalue weighted by Crippen LogP contribution is 2.21. The molecule has 0 saturated heterocycles. The molecule has 17 heavy (non-hydrogen) atoms. The molecule has 1 rings (SSSR count). The lowest BCUT2D eigenvalue weighted by atomic mass is 10.0. The van der Waals surface area contributed by atoms with Crippen molar-refractivity contribution in [2.45, 2.75) is 33.6 Å². The second kappa shape index (κ2) is 6.89. The summed E-state index contributed by atoms with van der Waals surface area (Å²) in [6.45, 7) is 5.78. The van der Waals surface area contributed by atoms with Crippen molar-refractivity contribution in [3.63, 3.8) is 0 Å². The van der Waals surface area contributed by atoms with Crippen LogP contribution in [0.3, 0.4) is 0 Å². The molecule has 0 saturated carbocycles. The number of allylic oxidation sites excluding steroid dienone is 1. The average molecular weight is 232 g/mol. The fourth-order valence-electron chi connectivity index (χ4n) is 1.69. The summed E-state index contributed by atoms with van der Waals surface area (Å²) in [5.74, 6) is 0.887. The van der Waals surface area contributed by atoms with Crippen molar-refractivity contribution in [1.29, 1.82) is 0 Å². The van der Waals surface area contributed by atoms with E-state index in [0.29, 0.717) is 11.7 Å². The van der Waals surface area contributed by atoms with Crippen LogP contribution in [0.5, 0.6) is 5.75 Å². The maximum Gasteiger partial charge on any atom is 0.308 e. The second-order valence-corrected chi connectivity index (χ2v) is 4.26. The molecule has 92 valence electrons. The van der Waals surface area contributed by atoms with Gasteiger partial charge in [-0.3, -0.25) is 4.79 Å². The van der Waals surface area contributed by atoms with Crippen LogP contribution in [0.15, 0.2) is 30.3 Å². The van der Waals surface area contributed by atoms with E-state index in [0.717, 1.165) is 5.56 Å². The summed E-state index contributed by atoms with van der Waals surface area (Å²) in [5.41, 5.74) is 0.950. The molecule has 0 fully saturated rings. The largest absolute Gasteiger partial charge is 0.426 e. The smallest absolute Gasteiger partial charge is 0.308 e. The van der Waals surface area contributed by atoms with Gasteiger partial charge in [0.25, 0.3) is 0 Å².